The number of ether oxygens (including phenoxy) is 1. The van der Waals surface area contributed by atoms with Gasteiger partial charge < -0.3 is 4.74 Å². The largest absolute Gasteiger partial charge is 0.494 e. The van der Waals surface area contributed by atoms with Crippen LogP contribution in [0.3, 0.4) is 0 Å². The van der Waals surface area contributed by atoms with E-state index in [4.69, 9.17) is 16.3 Å². The molecule has 3 nitrogen and oxygen atoms in total. The molecule has 0 radical (unpaired) electrons. The number of nitrogens with zero attached hydrogens (tertiary/aromatic N) is 1. The molecule has 0 saturated heterocycles. The Hall–Kier alpha value is -2.78. The number of hydrazone groups is 1. The Morgan fingerprint density at radius 2 is 1.78 bits per heavy atom. The van der Waals surface area contributed by atoms with E-state index in [0.717, 1.165) is 40.4 Å². The van der Waals surface area contributed by atoms with Crippen LogP contribution in [0.2, 0.25) is 5.02 Å². The molecule has 3 aromatic carbocycles. The summed E-state index contributed by atoms with van der Waals surface area (Å²) in [5.41, 5.74) is 7.24. The Labute approximate surface area is 165 Å². The summed E-state index contributed by atoms with van der Waals surface area (Å²) >= 11 is 6.11. The van der Waals surface area contributed by atoms with E-state index in [1.807, 2.05) is 55.5 Å². The van der Waals surface area contributed by atoms with Gasteiger partial charge in [-0.25, -0.2) is 0 Å². The minimum atomic E-state index is 0.706. The van der Waals surface area contributed by atoms with E-state index in [1.165, 1.54) is 5.56 Å². The Morgan fingerprint density at radius 3 is 2.52 bits per heavy atom. The van der Waals surface area contributed by atoms with Gasteiger partial charge in [0, 0.05) is 5.02 Å². The molecule has 0 atom stereocenters. The van der Waals surface area contributed by atoms with Gasteiger partial charge in [0.2, 0.25) is 0 Å². The number of nitrogens with one attached hydrogen (secondary N) is 1. The molecule has 3 rings (SSSR count). The zero-order valence-electron chi connectivity index (χ0n) is 15.4. The molecule has 0 heterocycles. The molecule has 0 amide bonds. The molecule has 0 aliphatic rings. The second kappa shape index (κ2) is 9.79. The molecule has 3 aromatic rings. The Morgan fingerprint density at radius 1 is 1.00 bits per heavy atom. The van der Waals surface area contributed by atoms with Gasteiger partial charge in [-0.1, -0.05) is 48.0 Å². The maximum Gasteiger partial charge on any atom is 0.119 e. The van der Waals surface area contributed by atoms with Gasteiger partial charge in [0.25, 0.3) is 0 Å². The summed E-state index contributed by atoms with van der Waals surface area (Å²) < 4.78 is 5.81. The van der Waals surface area contributed by atoms with Crippen LogP contribution < -0.4 is 10.2 Å². The van der Waals surface area contributed by atoms with Crippen molar-refractivity contribution in [3.8, 4) is 5.75 Å². The Bertz CT molecular complexity index is 877. The van der Waals surface area contributed by atoms with E-state index in [-0.39, 0.29) is 0 Å². The predicted octanol–water partition coefficient (Wildman–Crippen LogP) is 6.11. The fourth-order valence-electron chi connectivity index (χ4n) is 2.60. The monoisotopic (exact) mass is 378 g/mol. The summed E-state index contributed by atoms with van der Waals surface area (Å²) in [7, 11) is 0. The summed E-state index contributed by atoms with van der Waals surface area (Å²) in [5, 5.41) is 4.97. The van der Waals surface area contributed by atoms with Crippen LogP contribution in [0.5, 0.6) is 5.75 Å². The molecule has 0 spiro atoms. The summed E-state index contributed by atoms with van der Waals surface area (Å²) in [6.07, 6.45) is 3.80. The van der Waals surface area contributed by atoms with E-state index >= 15 is 0 Å². The number of hydrogen-bond acceptors (Lipinski definition) is 3. The van der Waals surface area contributed by atoms with Crippen LogP contribution in [0, 0.1) is 6.92 Å². The molecule has 4 heteroatoms. The van der Waals surface area contributed by atoms with Gasteiger partial charge >= 0.3 is 0 Å². The van der Waals surface area contributed by atoms with E-state index in [2.05, 4.69) is 34.8 Å². The highest BCUT2D eigenvalue weighted by Crippen LogP contribution is 2.20. The predicted molar refractivity (Wildman–Crippen MR) is 114 cm³/mol. The lowest BCUT2D eigenvalue weighted by Gasteiger charge is -2.06. The number of hydrogen-bond donors (Lipinski definition) is 1. The normalized spacial score (nSPS) is 10.9. The van der Waals surface area contributed by atoms with E-state index in [0.29, 0.717) is 6.61 Å². The van der Waals surface area contributed by atoms with Crippen molar-refractivity contribution in [2.75, 3.05) is 12.0 Å². The van der Waals surface area contributed by atoms with Crippen molar-refractivity contribution in [1.29, 1.82) is 0 Å². The standard InChI is InChI=1S/C23H23ClN2O/c1-18-9-12-21(16-23(18)24)26-25-17-20-10-13-22(14-11-20)27-15-5-8-19-6-3-2-4-7-19/h2-4,6-7,9-14,16-17,26H,5,8,15H2,1H3/b25-17+. The van der Waals surface area contributed by atoms with Crippen molar-refractivity contribution in [3.63, 3.8) is 0 Å². The van der Waals surface area contributed by atoms with Crippen molar-refractivity contribution < 1.29 is 4.74 Å². The number of aryl methyl sites for hydroxylation is 2. The van der Waals surface area contributed by atoms with Crippen LogP contribution in [0.25, 0.3) is 0 Å². The van der Waals surface area contributed by atoms with Crippen LogP contribution in [-0.4, -0.2) is 12.8 Å². The zero-order chi connectivity index (χ0) is 18.9. The number of rotatable bonds is 8. The molecule has 0 saturated carbocycles. The zero-order valence-corrected chi connectivity index (χ0v) is 16.1. The van der Waals surface area contributed by atoms with Crippen LogP contribution in [0.4, 0.5) is 5.69 Å². The first-order valence-corrected chi connectivity index (χ1v) is 9.40. The fourth-order valence-corrected chi connectivity index (χ4v) is 2.79. The first-order valence-electron chi connectivity index (χ1n) is 9.03. The molecule has 0 bridgehead atoms. The third-order valence-corrected chi connectivity index (χ3v) is 4.59. The first-order chi connectivity index (χ1) is 13.2. The van der Waals surface area contributed by atoms with E-state index < -0.39 is 0 Å². The maximum absolute atomic E-state index is 6.11. The number of benzene rings is 3. The summed E-state index contributed by atoms with van der Waals surface area (Å²) in [4.78, 5) is 0. The first kappa shape index (κ1) is 19.0. The average Bonchev–Trinajstić information content (AvgIpc) is 2.70. The summed E-state index contributed by atoms with van der Waals surface area (Å²) in [6.45, 7) is 2.68. The molecule has 0 aliphatic carbocycles. The summed E-state index contributed by atoms with van der Waals surface area (Å²) in [5.74, 6) is 0.874. The van der Waals surface area contributed by atoms with Crippen LogP contribution in [0.15, 0.2) is 77.9 Å². The summed E-state index contributed by atoms with van der Waals surface area (Å²) in [6, 6.07) is 24.1. The van der Waals surface area contributed by atoms with Gasteiger partial charge in [0.15, 0.2) is 0 Å². The van der Waals surface area contributed by atoms with Crippen molar-refractivity contribution in [2.45, 2.75) is 19.8 Å². The molecule has 0 unspecified atom stereocenters. The number of anilines is 1. The molecule has 0 aliphatic heterocycles. The highest BCUT2D eigenvalue weighted by molar-refractivity contribution is 6.31. The lowest BCUT2D eigenvalue weighted by molar-refractivity contribution is 0.311. The highest BCUT2D eigenvalue weighted by Gasteiger charge is 1.98. The van der Waals surface area contributed by atoms with Crippen molar-refractivity contribution in [3.05, 3.63) is 94.5 Å². The highest BCUT2D eigenvalue weighted by atomic mass is 35.5. The average molecular weight is 379 g/mol. The van der Waals surface area contributed by atoms with E-state index in [1.54, 1.807) is 6.21 Å². The quantitative estimate of drug-likeness (QED) is 0.291. The lowest BCUT2D eigenvalue weighted by atomic mass is 10.1. The maximum atomic E-state index is 6.11. The SMILES string of the molecule is Cc1ccc(N/N=C/c2ccc(OCCCc3ccccc3)cc2)cc1Cl. The second-order valence-corrected chi connectivity index (χ2v) is 6.75. The molecular formula is C23H23ClN2O. The lowest BCUT2D eigenvalue weighted by Crippen LogP contribution is -1.99. The van der Waals surface area contributed by atoms with Gasteiger partial charge in [-0.05, 0) is 72.9 Å². The van der Waals surface area contributed by atoms with Gasteiger partial charge in [0.05, 0.1) is 18.5 Å². The molecule has 0 aromatic heterocycles. The molecule has 1 N–H and O–H groups in total. The third kappa shape index (κ3) is 6.15. The van der Waals surface area contributed by atoms with Gasteiger partial charge in [0.1, 0.15) is 5.75 Å². The van der Waals surface area contributed by atoms with Crippen LogP contribution in [-0.2, 0) is 6.42 Å². The Kier molecular flexibility index (Phi) is 6.89. The number of halogens is 1. The van der Waals surface area contributed by atoms with Crippen molar-refractivity contribution >= 4 is 23.5 Å². The van der Waals surface area contributed by atoms with Gasteiger partial charge in [-0.15, -0.1) is 0 Å². The minimum Gasteiger partial charge on any atom is -0.494 e. The van der Waals surface area contributed by atoms with Crippen molar-refractivity contribution in [1.82, 2.24) is 0 Å². The second-order valence-electron chi connectivity index (χ2n) is 6.34. The smallest absolute Gasteiger partial charge is 0.119 e. The topological polar surface area (TPSA) is 33.6 Å². The van der Waals surface area contributed by atoms with Crippen LogP contribution >= 0.6 is 11.6 Å². The third-order valence-electron chi connectivity index (χ3n) is 4.18. The minimum absolute atomic E-state index is 0.706. The van der Waals surface area contributed by atoms with Gasteiger partial charge in [-0.2, -0.15) is 5.10 Å². The molecular weight excluding hydrogens is 356 g/mol. The van der Waals surface area contributed by atoms with Crippen LogP contribution in [0.1, 0.15) is 23.1 Å². The Balaban J connectivity index is 1.43. The van der Waals surface area contributed by atoms with Crippen molar-refractivity contribution in [2.24, 2.45) is 5.10 Å². The molecule has 0 fully saturated rings. The van der Waals surface area contributed by atoms with E-state index in [9.17, 15) is 0 Å². The van der Waals surface area contributed by atoms with Gasteiger partial charge in [-0.3, -0.25) is 5.43 Å². The fraction of sp³-hybridized carbons (Fsp3) is 0.174. The molecule has 27 heavy (non-hydrogen) atoms. The molecule has 138 valence electrons.